The average molecular weight is 297 g/mol. The van der Waals surface area contributed by atoms with Crippen molar-refractivity contribution < 1.29 is 14.6 Å². The normalized spacial score (nSPS) is 12.2. The van der Waals surface area contributed by atoms with Crippen LogP contribution in [-0.2, 0) is 4.79 Å². The fraction of sp³-hybridized carbons (Fsp3) is 0.533. The molecule has 0 spiro atoms. The predicted octanol–water partition coefficient (Wildman–Crippen LogP) is 2.31. The molecule has 0 bridgehead atoms. The third kappa shape index (κ3) is 5.84. The van der Waals surface area contributed by atoms with Gasteiger partial charge >= 0.3 is 0 Å². The Morgan fingerprint density at radius 1 is 1.35 bits per heavy atom. The van der Waals surface area contributed by atoms with Crippen LogP contribution in [-0.4, -0.2) is 36.0 Å². The number of benzene rings is 1. The average Bonchev–Trinajstić information content (AvgIpc) is 2.44. The smallest absolute Gasteiger partial charge is 0.230 e. The maximum atomic E-state index is 11.8. The van der Waals surface area contributed by atoms with Gasteiger partial charge in [0.2, 0.25) is 5.91 Å². The van der Waals surface area contributed by atoms with E-state index < -0.39 is 0 Å². The van der Waals surface area contributed by atoms with Gasteiger partial charge < -0.3 is 15.2 Å². The van der Waals surface area contributed by atoms with E-state index >= 15 is 0 Å². The summed E-state index contributed by atoms with van der Waals surface area (Å²) in [6.07, 6.45) is 0. The lowest BCUT2D eigenvalue weighted by Gasteiger charge is -2.19. The first-order chi connectivity index (χ1) is 9.56. The van der Waals surface area contributed by atoms with Gasteiger partial charge in [0, 0.05) is 4.90 Å². The van der Waals surface area contributed by atoms with E-state index in [9.17, 15) is 9.90 Å². The highest BCUT2D eigenvalue weighted by Gasteiger charge is 2.14. The van der Waals surface area contributed by atoms with E-state index in [-0.39, 0.29) is 24.5 Å². The zero-order valence-corrected chi connectivity index (χ0v) is 13.1. The molecule has 1 atom stereocenters. The van der Waals surface area contributed by atoms with Crippen molar-refractivity contribution in [3.63, 3.8) is 0 Å². The first kappa shape index (κ1) is 16.9. The number of amides is 1. The van der Waals surface area contributed by atoms with Crippen molar-refractivity contribution in [2.45, 2.75) is 31.7 Å². The SMILES string of the molecule is CCOc1ccc(SCC(=O)NC(CO)C(C)C)cc1. The number of aliphatic hydroxyl groups is 1. The second kappa shape index (κ2) is 8.87. The molecule has 20 heavy (non-hydrogen) atoms. The molecule has 5 heteroatoms. The highest BCUT2D eigenvalue weighted by molar-refractivity contribution is 8.00. The van der Waals surface area contributed by atoms with Crippen LogP contribution in [0.25, 0.3) is 0 Å². The molecule has 0 aliphatic heterocycles. The number of carbonyl (C=O) groups excluding carboxylic acids is 1. The molecule has 1 rings (SSSR count). The summed E-state index contributed by atoms with van der Waals surface area (Å²) in [5.74, 6) is 1.34. The standard InChI is InChI=1S/C15H23NO3S/c1-4-19-12-5-7-13(8-6-12)20-10-15(18)16-14(9-17)11(2)3/h5-8,11,14,17H,4,9-10H2,1-3H3,(H,16,18). The van der Waals surface area contributed by atoms with E-state index in [1.165, 1.54) is 11.8 Å². The van der Waals surface area contributed by atoms with Crippen molar-refractivity contribution in [2.75, 3.05) is 19.0 Å². The van der Waals surface area contributed by atoms with Crippen molar-refractivity contribution in [3.8, 4) is 5.75 Å². The molecule has 2 N–H and O–H groups in total. The molecule has 0 fully saturated rings. The molecule has 112 valence electrons. The van der Waals surface area contributed by atoms with Crippen LogP contribution in [0.4, 0.5) is 0 Å². The number of carbonyl (C=O) groups is 1. The highest BCUT2D eigenvalue weighted by atomic mass is 32.2. The van der Waals surface area contributed by atoms with Crippen LogP contribution in [0.15, 0.2) is 29.2 Å². The molecular formula is C15H23NO3S. The molecule has 0 radical (unpaired) electrons. The van der Waals surface area contributed by atoms with Crippen molar-refractivity contribution in [1.29, 1.82) is 0 Å². The number of nitrogens with one attached hydrogen (secondary N) is 1. The molecule has 0 saturated carbocycles. The zero-order chi connectivity index (χ0) is 15.0. The van der Waals surface area contributed by atoms with Crippen molar-refractivity contribution in [3.05, 3.63) is 24.3 Å². The number of aliphatic hydroxyl groups excluding tert-OH is 1. The van der Waals surface area contributed by atoms with Gasteiger partial charge in [-0.15, -0.1) is 11.8 Å². The van der Waals surface area contributed by atoms with E-state index in [0.29, 0.717) is 12.4 Å². The predicted molar refractivity (Wildman–Crippen MR) is 82.2 cm³/mol. The molecule has 1 aromatic carbocycles. The van der Waals surface area contributed by atoms with Crippen LogP contribution >= 0.6 is 11.8 Å². The molecule has 1 unspecified atom stereocenters. The maximum absolute atomic E-state index is 11.8. The van der Waals surface area contributed by atoms with Crippen LogP contribution in [0, 0.1) is 5.92 Å². The summed E-state index contributed by atoms with van der Waals surface area (Å²) in [7, 11) is 0. The van der Waals surface area contributed by atoms with E-state index in [0.717, 1.165) is 10.6 Å². The Morgan fingerprint density at radius 3 is 2.50 bits per heavy atom. The Balaban J connectivity index is 2.40. The second-order valence-corrected chi connectivity index (χ2v) is 5.84. The molecule has 0 saturated heterocycles. The lowest BCUT2D eigenvalue weighted by molar-refractivity contribution is -0.119. The van der Waals surface area contributed by atoms with Crippen LogP contribution in [0.5, 0.6) is 5.75 Å². The van der Waals surface area contributed by atoms with Crippen LogP contribution < -0.4 is 10.1 Å². The Bertz CT molecular complexity index is 406. The van der Waals surface area contributed by atoms with Crippen LogP contribution in [0.1, 0.15) is 20.8 Å². The van der Waals surface area contributed by atoms with Gasteiger partial charge in [-0.3, -0.25) is 4.79 Å². The molecule has 0 aliphatic carbocycles. The van der Waals surface area contributed by atoms with Gasteiger partial charge in [-0.1, -0.05) is 13.8 Å². The summed E-state index contributed by atoms with van der Waals surface area (Å²) in [5.41, 5.74) is 0. The van der Waals surface area contributed by atoms with Crippen LogP contribution in [0.3, 0.4) is 0 Å². The molecular weight excluding hydrogens is 274 g/mol. The van der Waals surface area contributed by atoms with Gasteiger partial charge in [0.25, 0.3) is 0 Å². The first-order valence-corrected chi connectivity index (χ1v) is 7.81. The fourth-order valence-electron chi connectivity index (χ4n) is 1.62. The van der Waals surface area contributed by atoms with Gasteiger partial charge in [0.05, 0.1) is 25.0 Å². The monoisotopic (exact) mass is 297 g/mol. The summed E-state index contributed by atoms with van der Waals surface area (Å²) in [6, 6.07) is 7.50. The largest absolute Gasteiger partial charge is 0.494 e. The quantitative estimate of drug-likeness (QED) is 0.723. The minimum absolute atomic E-state index is 0.0306. The molecule has 1 amide bonds. The van der Waals surface area contributed by atoms with E-state index in [1.54, 1.807) is 0 Å². The van der Waals surface area contributed by atoms with Crippen molar-refractivity contribution in [2.24, 2.45) is 5.92 Å². The summed E-state index contributed by atoms with van der Waals surface area (Å²) in [6.45, 7) is 6.50. The Hall–Kier alpha value is -1.20. The zero-order valence-electron chi connectivity index (χ0n) is 12.3. The van der Waals surface area contributed by atoms with Gasteiger partial charge in [0.1, 0.15) is 5.75 Å². The summed E-state index contributed by atoms with van der Waals surface area (Å²) in [4.78, 5) is 12.8. The Morgan fingerprint density at radius 2 is 2.00 bits per heavy atom. The summed E-state index contributed by atoms with van der Waals surface area (Å²) < 4.78 is 5.36. The molecule has 4 nitrogen and oxygen atoms in total. The second-order valence-electron chi connectivity index (χ2n) is 4.79. The summed E-state index contributed by atoms with van der Waals surface area (Å²) >= 11 is 1.47. The Labute approximate surface area is 124 Å². The topological polar surface area (TPSA) is 58.6 Å². The molecule has 0 heterocycles. The van der Waals surface area contributed by atoms with Crippen LogP contribution in [0.2, 0.25) is 0 Å². The Kier molecular flexibility index (Phi) is 7.47. The van der Waals surface area contributed by atoms with Gasteiger partial charge in [-0.25, -0.2) is 0 Å². The first-order valence-electron chi connectivity index (χ1n) is 6.82. The fourth-order valence-corrected chi connectivity index (χ4v) is 2.33. The maximum Gasteiger partial charge on any atom is 0.230 e. The number of thioether (sulfide) groups is 1. The van der Waals surface area contributed by atoms with Crippen molar-refractivity contribution in [1.82, 2.24) is 5.32 Å². The van der Waals surface area contributed by atoms with Crippen molar-refractivity contribution >= 4 is 17.7 Å². The summed E-state index contributed by atoms with van der Waals surface area (Å²) in [5, 5.41) is 12.0. The minimum atomic E-state index is -0.177. The van der Waals surface area contributed by atoms with Gasteiger partial charge in [-0.2, -0.15) is 0 Å². The minimum Gasteiger partial charge on any atom is -0.494 e. The molecule has 0 aliphatic rings. The highest BCUT2D eigenvalue weighted by Crippen LogP contribution is 2.21. The third-order valence-corrected chi connectivity index (χ3v) is 3.86. The number of hydrogen-bond donors (Lipinski definition) is 2. The number of rotatable bonds is 8. The van der Waals surface area contributed by atoms with E-state index in [1.807, 2.05) is 45.0 Å². The lowest BCUT2D eigenvalue weighted by atomic mass is 10.1. The van der Waals surface area contributed by atoms with E-state index in [2.05, 4.69) is 5.32 Å². The number of ether oxygens (including phenoxy) is 1. The van der Waals surface area contributed by atoms with Gasteiger partial charge in [0.15, 0.2) is 0 Å². The lowest BCUT2D eigenvalue weighted by Crippen LogP contribution is -2.41. The van der Waals surface area contributed by atoms with Gasteiger partial charge in [-0.05, 0) is 37.1 Å². The third-order valence-electron chi connectivity index (χ3n) is 2.85. The molecule has 0 aromatic heterocycles. The number of hydrogen-bond acceptors (Lipinski definition) is 4. The van der Waals surface area contributed by atoms with E-state index in [4.69, 9.17) is 4.74 Å². The molecule has 1 aromatic rings.